The highest BCUT2D eigenvalue weighted by molar-refractivity contribution is 6.16. The molecule has 0 saturated heterocycles. The summed E-state index contributed by atoms with van der Waals surface area (Å²) in [5, 5.41) is 35.6. The first kappa shape index (κ1) is 17.0. The molecule has 0 fully saturated rings. The molecular weight excluding hydrogens is 300 g/mol. The first-order valence-corrected chi connectivity index (χ1v) is 5.88. The second kappa shape index (κ2) is 6.57. The molecule has 4 N–H and O–H groups in total. The summed E-state index contributed by atoms with van der Waals surface area (Å²) in [4.78, 5) is 44.0. The molecule has 118 valence electrons. The summed E-state index contributed by atoms with van der Waals surface area (Å²) < 4.78 is 5.03. The number of carboxylic acid groups (broad SMARTS) is 4. The van der Waals surface area contributed by atoms with E-state index in [9.17, 15) is 19.2 Å². The van der Waals surface area contributed by atoms with Gasteiger partial charge in [0.05, 0.1) is 6.61 Å². The van der Waals surface area contributed by atoms with Crippen LogP contribution in [0.4, 0.5) is 0 Å². The van der Waals surface area contributed by atoms with Crippen LogP contribution in [0.1, 0.15) is 16.8 Å². The zero-order valence-corrected chi connectivity index (χ0v) is 11.1. The van der Waals surface area contributed by atoms with Crippen LogP contribution in [-0.2, 0) is 14.4 Å². The van der Waals surface area contributed by atoms with E-state index in [4.69, 9.17) is 25.2 Å². The lowest BCUT2D eigenvalue weighted by Crippen LogP contribution is -2.47. The molecule has 1 aromatic rings. The van der Waals surface area contributed by atoms with Crippen LogP contribution in [-0.4, -0.2) is 50.9 Å². The molecule has 0 spiro atoms. The van der Waals surface area contributed by atoms with Crippen molar-refractivity contribution in [2.24, 2.45) is 5.41 Å². The van der Waals surface area contributed by atoms with Crippen LogP contribution >= 0.6 is 0 Å². The van der Waals surface area contributed by atoms with Crippen molar-refractivity contribution in [1.29, 1.82) is 0 Å². The Labute approximate surface area is 123 Å². The van der Waals surface area contributed by atoms with E-state index in [0.29, 0.717) is 0 Å². The van der Waals surface area contributed by atoms with Crippen molar-refractivity contribution >= 4 is 23.9 Å². The maximum Gasteiger partial charge on any atom is 0.339 e. The second-order valence-electron chi connectivity index (χ2n) is 4.22. The largest absolute Gasteiger partial charge is 0.493 e. The molecule has 0 atom stereocenters. The first-order valence-electron chi connectivity index (χ1n) is 5.88. The van der Waals surface area contributed by atoms with Gasteiger partial charge in [-0.1, -0.05) is 12.1 Å². The van der Waals surface area contributed by atoms with E-state index >= 15 is 0 Å². The minimum Gasteiger partial charge on any atom is -0.493 e. The van der Waals surface area contributed by atoms with Gasteiger partial charge < -0.3 is 25.2 Å². The average Bonchev–Trinajstić information content (AvgIpc) is 2.42. The third-order valence-electron chi connectivity index (χ3n) is 2.95. The fraction of sp³-hybridized carbons (Fsp3) is 0.231. The number of carbonyl (C=O) groups is 4. The van der Waals surface area contributed by atoms with Crippen LogP contribution in [0.25, 0.3) is 0 Å². The zero-order valence-electron chi connectivity index (χ0n) is 11.1. The highest BCUT2D eigenvalue weighted by Gasteiger charge is 2.54. The number of aromatic carboxylic acids is 1. The highest BCUT2D eigenvalue weighted by Crippen LogP contribution is 2.25. The minimum absolute atomic E-state index is 0.120. The van der Waals surface area contributed by atoms with Crippen LogP contribution in [0.5, 0.6) is 5.75 Å². The lowest BCUT2D eigenvalue weighted by atomic mass is 9.85. The monoisotopic (exact) mass is 312 g/mol. The van der Waals surface area contributed by atoms with Crippen molar-refractivity contribution in [2.45, 2.75) is 6.42 Å². The number of hydrogen-bond acceptors (Lipinski definition) is 5. The van der Waals surface area contributed by atoms with Gasteiger partial charge in [0.1, 0.15) is 11.3 Å². The van der Waals surface area contributed by atoms with Crippen molar-refractivity contribution in [3.05, 3.63) is 29.8 Å². The van der Waals surface area contributed by atoms with Gasteiger partial charge in [0.2, 0.25) is 0 Å². The van der Waals surface area contributed by atoms with Gasteiger partial charge in [-0.25, -0.2) is 4.79 Å². The SMILES string of the molecule is O=C(O)c1ccccc1OCCC(C(=O)O)(C(=O)O)C(=O)O. The molecule has 9 nitrogen and oxygen atoms in total. The van der Waals surface area contributed by atoms with E-state index in [1.165, 1.54) is 24.3 Å². The molecule has 0 aromatic heterocycles. The molecule has 0 unspecified atom stereocenters. The number of carboxylic acids is 4. The van der Waals surface area contributed by atoms with Crippen LogP contribution in [0.2, 0.25) is 0 Å². The first-order chi connectivity index (χ1) is 10.2. The van der Waals surface area contributed by atoms with Crippen LogP contribution in [0.3, 0.4) is 0 Å². The topological polar surface area (TPSA) is 158 Å². The fourth-order valence-corrected chi connectivity index (χ4v) is 1.68. The Morgan fingerprint density at radius 2 is 1.41 bits per heavy atom. The second-order valence-corrected chi connectivity index (χ2v) is 4.22. The van der Waals surface area contributed by atoms with E-state index in [0.717, 1.165) is 0 Å². The molecule has 0 aliphatic carbocycles. The van der Waals surface area contributed by atoms with E-state index in [2.05, 4.69) is 0 Å². The van der Waals surface area contributed by atoms with Gasteiger partial charge in [0.25, 0.3) is 5.41 Å². The normalized spacial score (nSPS) is 10.7. The number of ether oxygens (including phenoxy) is 1. The Morgan fingerprint density at radius 1 is 0.909 bits per heavy atom. The Balaban J connectivity index is 2.93. The summed E-state index contributed by atoms with van der Waals surface area (Å²) in [6.07, 6.45) is -0.874. The lowest BCUT2D eigenvalue weighted by Gasteiger charge is -2.20. The summed E-state index contributed by atoms with van der Waals surface area (Å²) in [5.41, 5.74) is -3.27. The Bertz CT molecular complexity index is 584. The standard InChI is InChI=1S/C13H12O9/c14-9(15)7-3-1-2-4-8(7)22-6-5-13(10(16)17,11(18)19)12(20)21/h1-4H,5-6H2,(H,14,15)(H,16,17)(H,18,19)(H,20,21). The van der Waals surface area contributed by atoms with Gasteiger partial charge in [-0.2, -0.15) is 0 Å². The molecule has 22 heavy (non-hydrogen) atoms. The number of benzene rings is 1. The maximum absolute atomic E-state index is 11.0. The van der Waals surface area contributed by atoms with Crippen LogP contribution < -0.4 is 4.74 Å². The molecule has 1 aromatic carbocycles. The summed E-state index contributed by atoms with van der Waals surface area (Å²) in [6, 6.07) is 5.41. The lowest BCUT2D eigenvalue weighted by molar-refractivity contribution is -0.176. The Morgan fingerprint density at radius 3 is 1.86 bits per heavy atom. The highest BCUT2D eigenvalue weighted by atomic mass is 16.5. The third-order valence-corrected chi connectivity index (χ3v) is 2.95. The van der Waals surface area contributed by atoms with E-state index < -0.39 is 42.3 Å². The van der Waals surface area contributed by atoms with E-state index in [1.54, 1.807) is 0 Å². The van der Waals surface area contributed by atoms with Gasteiger partial charge in [0.15, 0.2) is 0 Å². The predicted molar refractivity (Wildman–Crippen MR) is 68.9 cm³/mol. The van der Waals surface area contributed by atoms with Crippen molar-refractivity contribution in [3.63, 3.8) is 0 Å². The summed E-state index contributed by atoms with van der Waals surface area (Å²) in [5.74, 6) is -7.53. The summed E-state index contributed by atoms with van der Waals surface area (Å²) >= 11 is 0. The Kier molecular flexibility index (Phi) is 5.06. The van der Waals surface area contributed by atoms with Gasteiger partial charge in [-0.3, -0.25) is 14.4 Å². The molecule has 0 heterocycles. The van der Waals surface area contributed by atoms with Gasteiger partial charge in [-0.15, -0.1) is 0 Å². The molecule has 0 aliphatic heterocycles. The molecule has 0 amide bonds. The summed E-state index contributed by atoms with van der Waals surface area (Å²) in [7, 11) is 0. The average molecular weight is 312 g/mol. The van der Waals surface area contributed by atoms with Crippen molar-refractivity contribution < 1.29 is 44.3 Å². The Hall–Kier alpha value is -3.10. The van der Waals surface area contributed by atoms with Crippen molar-refractivity contribution in [2.75, 3.05) is 6.61 Å². The van der Waals surface area contributed by atoms with Gasteiger partial charge >= 0.3 is 23.9 Å². The van der Waals surface area contributed by atoms with Crippen molar-refractivity contribution in [1.82, 2.24) is 0 Å². The predicted octanol–water partition coefficient (Wildman–Crippen LogP) is 0.394. The number of aliphatic carboxylic acids is 3. The quantitative estimate of drug-likeness (QED) is 0.498. The molecule has 0 aliphatic rings. The van der Waals surface area contributed by atoms with E-state index in [-0.39, 0.29) is 11.3 Å². The van der Waals surface area contributed by atoms with E-state index in [1.807, 2.05) is 0 Å². The molecular formula is C13H12O9. The third kappa shape index (κ3) is 3.14. The van der Waals surface area contributed by atoms with Crippen LogP contribution in [0, 0.1) is 5.41 Å². The van der Waals surface area contributed by atoms with Gasteiger partial charge in [-0.05, 0) is 12.1 Å². The molecule has 0 bridgehead atoms. The molecule has 0 saturated carbocycles. The number of para-hydroxylation sites is 1. The molecule has 0 radical (unpaired) electrons. The zero-order chi connectivity index (χ0) is 16.9. The van der Waals surface area contributed by atoms with Crippen molar-refractivity contribution in [3.8, 4) is 5.75 Å². The smallest absolute Gasteiger partial charge is 0.339 e. The maximum atomic E-state index is 11.0. The summed E-state index contributed by atoms with van der Waals surface area (Å²) in [6.45, 7) is -0.602. The molecule has 1 rings (SSSR count). The number of rotatable bonds is 8. The fourth-order valence-electron chi connectivity index (χ4n) is 1.68. The van der Waals surface area contributed by atoms with Gasteiger partial charge in [0, 0.05) is 6.42 Å². The van der Waals surface area contributed by atoms with Crippen LogP contribution in [0.15, 0.2) is 24.3 Å². The number of hydrogen-bond donors (Lipinski definition) is 4. The molecule has 9 heteroatoms. The minimum atomic E-state index is -3.06.